The highest BCUT2D eigenvalue weighted by atomic mass is 19.1. The van der Waals surface area contributed by atoms with Gasteiger partial charge in [-0.2, -0.15) is 0 Å². The number of hydrogen-bond acceptors (Lipinski definition) is 4. The van der Waals surface area contributed by atoms with E-state index in [0.29, 0.717) is 23.1 Å². The number of rotatable bonds is 3. The van der Waals surface area contributed by atoms with Gasteiger partial charge in [0.2, 0.25) is 0 Å². The Hall–Kier alpha value is -4.38. The second kappa shape index (κ2) is 7.39. The van der Waals surface area contributed by atoms with Gasteiger partial charge < -0.3 is 4.42 Å². The van der Waals surface area contributed by atoms with E-state index in [1.165, 1.54) is 6.07 Å². The fraction of sp³-hybridized carbons (Fsp3) is 0. The number of benzene rings is 4. The van der Waals surface area contributed by atoms with Crippen LogP contribution >= 0.6 is 0 Å². The van der Waals surface area contributed by atoms with Gasteiger partial charge >= 0.3 is 0 Å². The summed E-state index contributed by atoms with van der Waals surface area (Å²) in [7, 11) is 0. The highest BCUT2D eigenvalue weighted by Crippen LogP contribution is 2.33. The minimum absolute atomic E-state index is 0.255. The first-order valence-corrected chi connectivity index (χ1v) is 10.2. The third-order valence-electron chi connectivity index (χ3n) is 5.41. The predicted octanol–water partition coefficient (Wildman–Crippen LogP) is 6.91. The smallest absolute Gasteiger partial charge is 0.171 e. The zero-order valence-corrected chi connectivity index (χ0v) is 16.9. The van der Waals surface area contributed by atoms with Crippen molar-refractivity contribution in [3.05, 3.63) is 103 Å². The van der Waals surface area contributed by atoms with Crippen LogP contribution in [0.2, 0.25) is 0 Å². The number of aromatic nitrogens is 3. The maximum atomic E-state index is 14.2. The van der Waals surface area contributed by atoms with Gasteiger partial charge in [-0.15, -0.1) is 0 Å². The quantitative estimate of drug-likeness (QED) is 0.314. The van der Waals surface area contributed by atoms with E-state index in [4.69, 9.17) is 19.4 Å². The van der Waals surface area contributed by atoms with Crippen molar-refractivity contribution < 1.29 is 8.81 Å². The van der Waals surface area contributed by atoms with Gasteiger partial charge in [-0.25, -0.2) is 19.3 Å². The Kier molecular flexibility index (Phi) is 4.25. The van der Waals surface area contributed by atoms with Crippen molar-refractivity contribution in [3.8, 4) is 34.2 Å². The largest absolute Gasteiger partial charge is 0.453 e. The first-order chi connectivity index (χ1) is 15.8. The Balaban J connectivity index is 1.58. The van der Waals surface area contributed by atoms with E-state index in [9.17, 15) is 4.39 Å². The van der Waals surface area contributed by atoms with Crippen LogP contribution in [-0.2, 0) is 0 Å². The molecule has 0 saturated carbocycles. The van der Waals surface area contributed by atoms with Gasteiger partial charge in [0.1, 0.15) is 5.58 Å². The second-order valence-corrected chi connectivity index (χ2v) is 7.47. The fourth-order valence-electron chi connectivity index (χ4n) is 3.84. The molecule has 6 aromatic rings. The Morgan fingerprint density at radius 1 is 0.531 bits per heavy atom. The third-order valence-corrected chi connectivity index (χ3v) is 5.41. The molecule has 0 bridgehead atoms. The minimum atomic E-state index is -0.377. The first kappa shape index (κ1) is 18.4. The van der Waals surface area contributed by atoms with Crippen LogP contribution in [0.1, 0.15) is 0 Å². The molecular formula is C27H16FN3O. The Morgan fingerprint density at radius 3 is 1.75 bits per heavy atom. The lowest BCUT2D eigenvalue weighted by Gasteiger charge is -2.08. The molecule has 0 atom stereocenters. The molecule has 2 aromatic heterocycles. The van der Waals surface area contributed by atoms with E-state index < -0.39 is 0 Å². The standard InChI is InChI=1S/C27H16FN3O/c28-22-13-7-12-20-21-16-19(14-15-23(21)32-24(20)22)27-30-25(17-8-3-1-4-9-17)29-26(31-27)18-10-5-2-6-11-18/h1-16H. The number of halogens is 1. The van der Waals surface area contributed by atoms with E-state index in [1.807, 2.05) is 84.9 Å². The van der Waals surface area contributed by atoms with Crippen LogP contribution in [0.4, 0.5) is 4.39 Å². The highest BCUT2D eigenvalue weighted by molar-refractivity contribution is 6.06. The van der Waals surface area contributed by atoms with Crippen molar-refractivity contribution in [2.75, 3.05) is 0 Å². The van der Waals surface area contributed by atoms with Crippen LogP contribution in [0.25, 0.3) is 56.1 Å². The summed E-state index contributed by atoms with van der Waals surface area (Å²) < 4.78 is 19.9. The summed E-state index contributed by atoms with van der Waals surface area (Å²) in [5.41, 5.74) is 3.50. The van der Waals surface area contributed by atoms with E-state index in [1.54, 1.807) is 6.07 Å². The fourth-order valence-corrected chi connectivity index (χ4v) is 3.84. The molecule has 5 heteroatoms. The van der Waals surface area contributed by atoms with Crippen molar-refractivity contribution in [1.82, 2.24) is 15.0 Å². The lowest BCUT2D eigenvalue weighted by atomic mass is 10.1. The van der Waals surface area contributed by atoms with Crippen molar-refractivity contribution in [2.45, 2.75) is 0 Å². The molecule has 0 saturated heterocycles. The minimum Gasteiger partial charge on any atom is -0.453 e. The molecule has 0 aliphatic rings. The van der Waals surface area contributed by atoms with Crippen LogP contribution in [0.15, 0.2) is 101 Å². The molecule has 0 spiro atoms. The molecule has 32 heavy (non-hydrogen) atoms. The maximum absolute atomic E-state index is 14.2. The molecule has 152 valence electrons. The van der Waals surface area contributed by atoms with Crippen LogP contribution in [0.5, 0.6) is 0 Å². The number of hydrogen-bond donors (Lipinski definition) is 0. The SMILES string of the molecule is Fc1cccc2c1oc1ccc(-c3nc(-c4ccccc4)nc(-c4ccccc4)n3)cc12. The highest BCUT2D eigenvalue weighted by Gasteiger charge is 2.15. The molecule has 0 unspecified atom stereocenters. The number of nitrogens with zero attached hydrogens (tertiary/aromatic N) is 3. The lowest BCUT2D eigenvalue weighted by molar-refractivity contribution is 0.584. The van der Waals surface area contributed by atoms with Crippen molar-refractivity contribution in [3.63, 3.8) is 0 Å². The summed E-state index contributed by atoms with van der Waals surface area (Å²) >= 11 is 0. The molecule has 2 heterocycles. The third kappa shape index (κ3) is 3.11. The van der Waals surface area contributed by atoms with E-state index in [-0.39, 0.29) is 11.4 Å². The summed E-state index contributed by atoms with van der Waals surface area (Å²) in [4.78, 5) is 14.2. The van der Waals surface area contributed by atoms with Crippen LogP contribution in [-0.4, -0.2) is 15.0 Å². The van der Waals surface area contributed by atoms with Gasteiger partial charge in [-0.05, 0) is 24.3 Å². The van der Waals surface area contributed by atoms with Gasteiger partial charge in [0, 0.05) is 27.5 Å². The monoisotopic (exact) mass is 417 g/mol. The summed E-state index contributed by atoms with van der Waals surface area (Å²) in [5.74, 6) is 1.36. The molecule has 0 radical (unpaired) electrons. The molecular weight excluding hydrogens is 401 g/mol. The average Bonchev–Trinajstić information content (AvgIpc) is 3.24. The van der Waals surface area contributed by atoms with Gasteiger partial charge in [-0.1, -0.05) is 72.8 Å². The summed E-state index contributed by atoms with van der Waals surface area (Å²) in [6.07, 6.45) is 0. The first-order valence-electron chi connectivity index (χ1n) is 10.2. The molecule has 6 rings (SSSR count). The zero-order valence-electron chi connectivity index (χ0n) is 16.9. The number of furan rings is 1. The Labute approximate surface area is 183 Å². The molecule has 4 aromatic carbocycles. The van der Waals surface area contributed by atoms with Crippen LogP contribution < -0.4 is 0 Å². The van der Waals surface area contributed by atoms with Crippen LogP contribution in [0.3, 0.4) is 0 Å². The molecule has 4 nitrogen and oxygen atoms in total. The van der Waals surface area contributed by atoms with Gasteiger partial charge in [0.15, 0.2) is 28.9 Å². The topological polar surface area (TPSA) is 51.8 Å². The van der Waals surface area contributed by atoms with Crippen molar-refractivity contribution >= 4 is 21.9 Å². The molecule has 0 fully saturated rings. The normalized spacial score (nSPS) is 11.3. The maximum Gasteiger partial charge on any atom is 0.171 e. The molecule has 0 aliphatic carbocycles. The number of para-hydroxylation sites is 1. The second-order valence-electron chi connectivity index (χ2n) is 7.47. The average molecular weight is 417 g/mol. The molecule has 0 aliphatic heterocycles. The van der Waals surface area contributed by atoms with E-state index in [2.05, 4.69) is 0 Å². The zero-order chi connectivity index (χ0) is 21.5. The summed E-state index contributed by atoms with van der Waals surface area (Å²) in [6, 6.07) is 30.3. The van der Waals surface area contributed by atoms with Gasteiger partial charge in [0.05, 0.1) is 0 Å². The Bertz CT molecular complexity index is 1520. The van der Waals surface area contributed by atoms with E-state index >= 15 is 0 Å². The summed E-state index contributed by atoms with van der Waals surface area (Å²) in [6.45, 7) is 0. The van der Waals surface area contributed by atoms with Gasteiger partial charge in [-0.3, -0.25) is 0 Å². The van der Waals surface area contributed by atoms with Crippen molar-refractivity contribution in [1.29, 1.82) is 0 Å². The van der Waals surface area contributed by atoms with E-state index in [0.717, 1.165) is 27.5 Å². The summed E-state index contributed by atoms with van der Waals surface area (Å²) in [5, 5.41) is 1.54. The predicted molar refractivity (Wildman–Crippen MR) is 123 cm³/mol. The number of fused-ring (bicyclic) bond motifs is 3. The Morgan fingerprint density at radius 2 is 1.12 bits per heavy atom. The molecule has 0 N–H and O–H groups in total. The van der Waals surface area contributed by atoms with Gasteiger partial charge in [0.25, 0.3) is 0 Å². The van der Waals surface area contributed by atoms with Crippen LogP contribution in [0, 0.1) is 5.82 Å². The van der Waals surface area contributed by atoms with Crippen molar-refractivity contribution in [2.24, 2.45) is 0 Å². The molecule has 0 amide bonds. The lowest BCUT2D eigenvalue weighted by Crippen LogP contribution is -2.00.